The van der Waals surface area contributed by atoms with Crippen molar-refractivity contribution in [2.45, 2.75) is 45.6 Å². The molecule has 0 bridgehead atoms. The normalized spacial score (nSPS) is 10.8. The van der Waals surface area contributed by atoms with Crippen molar-refractivity contribution < 1.29 is 0 Å². The van der Waals surface area contributed by atoms with Gasteiger partial charge in [-0.25, -0.2) is 0 Å². The van der Waals surface area contributed by atoms with Crippen molar-refractivity contribution in [3.8, 4) is 0 Å². The zero-order valence-electron chi connectivity index (χ0n) is 10.4. The maximum atomic E-state index is 6.10. The van der Waals surface area contributed by atoms with Crippen LogP contribution in [0.1, 0.15) is 44.6 Å². The van der Waals surface area contributed by atoms with Crippen molar-refractivity contribution in [3.63, 3.8) is 0 Å². The Morgan fingerprint density at radius 2 is 1.82 bits per heavy atom. The van der Waals surface area contributed by atoms with Crippen molar-refractivity contribution in [1.29, 1.82) is 0 Å². The van der Waals surface area contributed by atoms with Crippen LogP contribution in [0.2, 0.25) is 10.0 Å². The highest BCUT2D eigenvalue weighted by Gasteiger charge is 2.02. The predicted octanol–water partition coefficient (Wildman–Crippen LogP) is 5.05. The van der Waals surface area contributed by atoms with Crippen LogP contribution in [0.5, 0.6) is 0 Å². The maximum absolute atomic E-state index is 6.10. The lowest BCUT2D eigenvalue weighted by atomic mass is 10.1. The second kappa shape index (κ2) is 8.79. The van der Waals surface area contributed by atoms with Crippen LogP contribution < -0.4 is 5.32 Å². The standard InChI is InChI=1S/C14H21Cl2N/c1-2-3-4-5-6-10-17-11-12-8-7-9-13(15)14(12)16/h7-9,17H,2-6,10-11H2,1H3. The van der Waals surface area contributed by atoms with Crippen LogP contribution in [0.15, 0.2) is 18.2 Å². The molecule has 0 heterocycles. The Morgan fingerprint density at radius 3 is 2.59 bits per heavy atom. The van der Waals surface area contributed by atoms with E-state index in [9.17, 15) is 0 Å². The van der Waals surface area contributed by atoms with Crippen molar-refractivity contribution in [2.75, 3.05) is 6.54 Å². The Balaban J connectivity index is 2.16. The van der Waals surface area contributed by atoms with Crippen molar-refractivity contribution >= 4 is 23.2 Å². The number of rotatable bonds is 8. The molecule has 0 atom stereocenters. The van der Waals surface area contributed by atoms with E-state index in [1.54, 1.807) is 0 Å². The molecule has 1 aromatic carbocycles. The van der Waals surface area contributed by atoms with Crippen LogP contribution in [0, 0.1) is 0 Å². The van der Waals surface area contributed by atoms with E-state index in [0.29, 0.717) is 10.0 Å². The second-order valence-corrected chi connectivity index (χ2v) is 5.09. The van der Waals surface area contributed by atoms with Crippen molar-refractivity contribution in [1.82, 2.24) is 5.32 Å². The minimum atomic E-state index is 0.633. The molecular formula is C14H21Cl2N. The van der Waals surface area contributed by atoms with E-state index in [4.69, 9.17) is 23.2 Å². The predicted molar refractivity (Wildman–Crippen MR) is 76.9 cm³/mol. The van der Waals surface area contributed by atoms with Gasteiger partial charge in [0.2, 0.25) is 0 Å². The molecule has 17 heavy (non-hydrogen) atoms. The fraction of sp³-hybridized carbons (Fsp3) is 0.571. The molecule has 0 aliphatic heterocycles. The molecule has 1 rings (SSSR count). The van der Waals surface area contributed by atoms with Gasteiger partial charge in [0.25, 0.3) is 0 Å². The monoisotopic (exact) mass is 273 g/mol. The number of nitrogens with one attached hydrogen (secondary N) is 1. The minimum absolute atomic E-state index is 0.633. The highest BCUT2D eigenvalue weighted by Crippen LogP contribution is 2.25. The smallest absolute Gasteiger partial charge is 0.0637 e. The van der Waals surface area contributed by atoms with Gasteiger partial charge in [0.05, 0.1) is 10.0 Å². The second-order valence-electron chi connectivity index (χ2n) is 4.30. The van der Waals surface area contributed by atoms with Crippen LogP contribution in [0.25, 0.3) is 0 Å². The molecule has 0 fully saturated rings. The summed E-state index contributed by atoms with van der Waals surface area (Å²) < 4.78 is 0. The third-order valence-corrected chi connectivity index (χ3v) is 3.66. The summed E-state index contributed by atoms with van der Waals surface area (Å²) in [6.45, 7) is 4.08. The molecule has 0 amide bonds. The summed E-state index contributed by atoms with van der Waals surface area (Å²) in [6.07, 6.45) is 6.53. The number of unbranched alkanes of at least 4 members (excludes halogenated alkanes) is 4. The Labute approximate surface area is 115 Å². The van der Waals surface area contributed by atoms with Crippen LogP contribution in [0.3, 0.4) is 0 Å². The topological polar surface area (TPSA) is 12.0 Å². The van der Waals surface area contributed by atoms with Gasteiger partial charge >= 0.3 is 0 Å². The van der Waals surface area contributed by atoms with E-state index < -0.39 is 0 Å². The highest BCUT2D eigenvalue weighted by atomic mass is 35.5. The molecule has 0 saturated heterocycles. The first-order chi connectivity index (χ1) is 8.25. The summed E-state index contributed by atoms with van der Waals surface area (Å²) >= 11 is 12.1. The van der Waals surface area contributed by atoms with Gasteiger partial charge in [-0.05, 0) is 24.6 Å². The minimum Gasteiger partial charge on any atom is -0.313 e. The maximum Gasteiger partial charge on any atom is 0.0637 e. The van der Waals surface area contributed by atoms with Gasteiger partial charge in [0.1, 0.15) is 0 Å². The molecule has 0 aliphatic rings. The Kier molecular flexibility index (Phi) is 7.67. The average Bonchev–Trinajstić information content (AvgIpc) is 2.33. The Morgan fingerprint density at radius 1 is 1.06 bits per heavy atom. The third-order valence-electron chi connectivity index (χ3n) is 2.80. The molecule has 96 valence electrons. The highest BCUT2D eigenvalue weighted by molar-refractivity contribution is 6.42. The van der Waals surface area contributed by atoms with Gasteiger partial charge in [-0.3, -0.25) is 0 Å². The molecule has 0 aliphatic carbocycles. The Bertz CT molecular complexity index is 326. The van der Waals surface area contributed by atoms with Gasteiger partial charge in [0.15, 0.2) is 0 Å². The number of halogens is 2. The molecular weight excluding hydrogens is 253 g/mol. The van der Waals surface area contributed by atoms with E-state index in [1.165, 1.54) is 32.1 Å². The van der Waals surface area contributed by atoms with E-state index in [1.807, 2.05) is 18.2 Å². The summed E-state index contributed by atoms with van der Waals surface area (Å²) in [7, 11) is 0. The first kappa shape index (κ1) is 14.8. The van der Waals surface area contributed by atoms with Gasteiger partial charge in [-0.1, -0.05) is 67.9 Å². The third kappa shape index (κ3) is 5.76. The number of hydrogen-bond donors (Lipinski definition) is 1. The number of benzene rings is 1. The summed E-state index contributed by atoms with van der Waals surface area (Å²) in [5.74, 6) is 0. The molecule has 1 aromatic rings. The molecule has 1 N–H and O–H groups in total. The summed E-state index contributed by atoms with van der Waals surface area (Å²) in [5, 5.41) is 4.71. The summed E-state index contributed by atoms with van der Waals surface area (Å²) in [6, 6.07) is 5.77. The molecule has 3 heteroatoms. The lowest BCUT2D eigenvalue weighted by molar-refractivity contribution is 0.583. The van der Waals surface area contributed by atoms with Crippen molar-refractivity contribution in [2.24, 2.45) is 0 Å². The first-order valence-electron chi connectivity index (χ1n) is 6.39. The SMILES string of the molecule is CCCCCCCNCc1cccc(Cl)c1Cl. The van der Waals surface area contributed by atoms with Gasteiger partial charge in [0, 0.05) is 6.54 Å². The van der Waals surface area contributed by atoms with Gasteiger partial charge in [-0.15, -0.1) is 0 Å². The molecule has 0 aromatic heterocycles. The molecule has 1 nitrogen and oxygen atoms in total. The molecule has 0 spiro atoms. The molecule has 0 unspecified atom stereocenters. The number of hydrogen-bond acceptors (Lipinski definition) is 1. The molecule has 0 saturated carbocycles. The van der Waals surface area contributed by atoms with E-state index in [-0.39, 0.29) is 0 Å². The van der Waals surface area contributed by atoms with Gasteiger partial charge in [-0.2, -0.15) is 0 Å². The first-order valence-corrected chi connectivity index (χ1v) is 7.15. The van der Waals surface area contributed by atoms with E-state index in [0.717, 1.165) is 18.7 Å². The van der Waals surface area contributed by atoms with Crippen LogP contribution in [-0.2, 0) is 6.54 Å². The lowest BCUT2D eigenvalue weighted by Crippen LogP contribution is -2.14. The largest absolute Gasteiger partial charge is 0.313 e. The van der Waals surface area contributed by atoms with Crippen LogP contribution in [-0.4, -0.2) is 6.54 Å². The lowest BCUT2D eigenvalue weighted by Gasteiger charge is -2.07. The van der Waals surface area contributed by atoms with E-state index in [2.05, 4.69) is 12.2 Å². The van der Waals surface area contributed by atoms with E-state index >= 15 is 0 Å². The fourth-order valence-corrected chi connectivity index (χ4v) is 2.15. The van der Waals surface area contributed by atoms with Crippen molar-refractivity contribution in [3.05, 3.63) is 33.8 Å². The van der Waals surface area contributed by atoms with Gasteiger partial charge < -0.3 is 5.32 Å². The molecule has 0 radical (unpaired) electrons. The zero-order valence-corrected chi connectivity index (χ0v) is 11.9. The Hall–Kier alpha value is -0.240. The quantitative estimate of drug-likeness (QED) is 0.654. The summed E-state index contributed by atoms with van der Waals surface area (Å²) in [4.78, 5) is 0. The van der Waals surface area contributed by atoms with Crippen LogP contribution >= 0.6 is 23.2 Å². The summed E-state index contributed by atoms with van der Waals surface area (Å²) in [5.41, 5.74) is 1.08. The average molecular weight is 274 g/mol. The van der Waals surface area contributed by atoms with Crippen LogP contribution in [0.4, 0.5) is 0 Å². The fourth-order valence-electron chi connectivity index (χ4n) is 1.76. The zero-order chi connectivity index (χ0) is 12.5.